The highest BCUT2D eigenvalue weighted by Gasteiger charge is 2.14. The Hall–Kier alpha value is -3.71. The van der Waals surface area contributed by atoms with Gasteiger partial charge in [0.25, 0.3) is 5.56 Å². The lowest BCUT2D eigenvalue weighted by atomic mass is 10.1. The van der Waals surface area contributed by atoms with Crippen LogP contribution in [0.1, 0.15) is 5.56 Å². The van der Waals surface area contributed by atoms with Crippen LogP contribution in [0.4, 0.5) is 0 Å². The number of nitrogens with zero attached hydrogens (tertiary/aromatic N) is 5. The fourth-order valence-electron chi connectivity index (χ4n) is 3.58. The van der Waals surface area contributed by atoms with Crippen LogP contribution >= 0.6 is 11.6 Å². The second-order valence-electron chi connectivity index (χ2n) is 7.15. The molecule has 3 heterocycles. The van der Waals surface area contributed by atoms with Crippen molar-refractivity contribution in [1.29, 1.82) is 0 Å². The van der Waals surface area contributed by atoms with Crippen LogP contribution in [-0.4, -0.2) is 31.5 Å². The van der Waals surface area contributed by atoms with Crippen molar-refractivity contribution >= 4 is 28.3 Å². The quantitative estimate of drug-likeness (QED) is 0.420. The minimum absolute atomic E-state index is 0.191. The number of rotatable bonds is 5. The molecule has 7 nitrogen and oxygen atoms in total. The molecule has 8 heteroatoms. The van der Waals surface area contributed by atoms with E-state index in [-0.39, 0.29) is 11.1 Å². The van der Waals surface area contributed by atoms with Gasteiger partial charge in [-0.2, -0.15) is 5.10 Å². The minimum Gasteiger partial charge on any atom is -0.497 e. The van der Waals surface area contributed by atoms with Crippen LogP contribution in [0.5, 0.6) is 5.75 Å². The molecule has 0 spiro atoms. The highest BCUT2D eigenvalue weighted by molar-refractivity contribution is 6.30. The third-order valence-electron chi connectivity index (χ3n) is 5.29. The maximum Gasteiger partial charge on any atom is 0.280 e. The van der Waals surface area contributed by atoms with Crippen molar-refractivity contribution in [3.63, 3.8) is 0 Å². The van der Waals surface area contributed by atoms with E-state index in [0.29, 0.717) is 29.2 Å². The molecule has 31 heavy (non-hydrogen) atoms. The molecule has 0 radical (unpaired) electrons. The Morgan fingerprint density at radius 2 is 1.77 bits per heavy atom. The Labute approximate surface area is 182 Å². The van der Waals surface area contributed by atoms with Crippen molar-refractivity contribution < 1.29 is 4.74 Å². The highest BCUT2D eigenvalue weighted by atomic mass is 35.5. The molecule has 0 aliphatic carbocycles. The highest BCUT2D eigenvalue weighted by Crippen LogP contribution is 2.25. The monoisotopic (exact) mass is 431 g/mol. The molecule has 0 fully saturated rings. The number of ether oxygens (including phenoxy) is 1. The zero-order chi connectivity index (χ0) is 21.4. The maximum absolute atomic E-state index is 13.0. The van der Waals surface area contributed by atoms with Crippen molar-refractivity contribution in [1.82, 2.24) is 24.4 Å². The van der Waals surface area contributed by atoms with Crippen molar-refractivity contribution in [2.24, 2.45) is 0 Å². The molecule has 3 aromatic heterocycles. The van der Waals surface area contributed by atoms with Gasteiger partial charge < -0.3 is 9.30 Å². The van der Waals surface area contributed by atoms with E-state index in [1.165, 1.54) is 0 Å². The molecule has 5 aromatic rings. The van der Waals surface area contributed by atoms with Crippen LogP contribution in [0.15, 0.2) is 71.8 Å². The number of aryl methyl sites for hydroxylation is 2. The Morgan fingerprint density at radius 3 is 2.52 bits per heavy atom. The fraction of sp³-hybridized carbons (Fsp3) is 0.130. The van der Waals surface area contributed by atoms with Gasteiger partial charge in [-0.15, -0.1) is 10.2 Å². The summed E-state index contributed by atoms with van der Waals surface area (Å²) in [5.41, 5.74) is 4.19. The summed E-state index contributed by atoms with van der Waals surface area (Å²) in [6, 6.07) is 17.1. The normalized spacial score (nSPS) is 11.3. The lowest BCUT2D eigenvalue weighted by Gasteiger charge is -2.08. The van der Waals surface area contributed by atoms with Gasteiger partial charge in [-0.3, -0.25) is 4.79 Å². The molecule has 0 amide bonds. The number of halogens is 1. The lowest BCUT2D eigenvalue weighted by Crippen LogP contribution is -2.22. The van der Waals surface area contributed by atoms with E-state index in [1.54, 1.807) is 28.6 Å². The molecule has 0 saturated heterocycles. The van der Waals surface area contributed by atoms with Gasteiger partial charge in [0.1, 0.15) is 11.3 Å². The molecule has 0 saturated carbocycles. The van der Waals surface area contributed by atoms with Crippen LogP contribution in [-0.2, 0) is 13.0 Å². The third-order valence-corrected chi connectivity index (χ3v) is 5.54. The first kappa shape index (κ1) is 19.3. The Bertz CT molecular complexity index is 1440. The van der Waals surface area contributed by atoms with Gasteiger partial charge in [0.15, 0.2) is 11.2 Å². The standard InChI is InChI=1S/C23H18ClN5O2/c1-31-18-8-2-15(3-9-18)10-12-28-13-11-20-21(23(28)30)26-27-22-19(14-25-29(20)22)16-4-6-17(24)7-5-16/h2-9,11,13-14H,10,12H2,1H3. The molecule has 0 atom stereocenters. The summed E-state index contributed by atoms with van der Waals surface area (Å²) in [5.74, 6) is 0.808. The van der Waals surface area contributed by atoms with Crippen LogP contribution < -0.4 is 10.3 Å². The first-order valence-electron chi connectivity index (χ1n) is 9.76. The van der Waals surface area contributed by atoms with Gasteiger partial charge in [0.2, 0.25) is 0 Å². The Morgan fingerprint density at radius 1 is 1.00 bits per heavy atom. The zero-order valence-corrected chi connectivity index (χ0v) is 17.5. The predicted octanol–water partition coefficient (Wildman–Crippen LogP) is 4.01. The van der Waals surface area contributed by atoms with E-state index in [0.717, 1.165) is 22.4 Å². The van der Waals surface area contributed by atoms with Gasteiger partial charge >= 0.3 is 0 Å². The van der Waals surface area contributed by atoms with E-state index < -0.39 is 0 Å². The number of aromatic nitrogens is 5. The van der Waals surface area contributed by atoms with Gasteiger partial charge in [-0.25, -0.2) is 4.52 Å². The molecule has 0 N–H and O–H groups in total. The van der Waals surface area contributed by atoms with Crippen molar-refractivity contribution in [2.75, 3.05) is 7.11 Å². The molecule has 2 aromatic carbocycles. The van der Waals surface area contributed by atoms with Crippen LogP contribution in [0.3, 0.4) is 0 Å². The van der Waals surface area contributed by atoms with Crippen molar-refractivity contribution in [3.8, 4) is 16.9 Å². The molecule has 0 bridgehead atoms. The topological polar surface area (TPSA) is 74.3 Å². The Balaban J connectivity index is 1.49. The lowest BCUT2D eigenvalue weighted by molar-refractivity contribution is 0.414. The number of benzene rings is 2. The second kappa shape index (κ2) is 7.85. The Kier molecular flexibility index (Phi) is 4.88. The second-order valence-corrected chi connectivity index (χ2v) is 7.58. The average Bonchev–Trinajstić information content (AvgIpc) is 3.24. The van der Waals surface area contributed by atoms with E-state index in [4.69, 9.17) is 16.3 Å². The van der Waals surface area contributed by atoms with Crippen LogP contribution in [0, 0.1) is 0 Å². The molecule has 154 valence electrons. The molecule has 0 aliphatic heterocycles. The zero-order valence-electron chi connectivity index (χ0n) is 16.7. The molecule has 0 unspecified atom stereocenters. The molecular weight excluding hydrogens is 414 g/mol. The summed E-state index contributed by atoms with van der Waals surface area (Å²) < 4.78 is 8.49. The number of hydrogen-bond acceptors (Lipinski definition) is 5. The molecule has 0 aliphatic rings. The summed E-state index contributed by atoms with van der Waals surface area (Å²) >= 11 is 5.99. The first-order chi connectivity index (χ1) is 15.1. The number of pyridine rings is 1. The van der Waals surface area contributed by atoms with Gasteiger partial charge in [-0.1, -0.05) is 35.9 Å². The number of hydrogen-bond donors (Lipinski definition) is 0. The fourth-order valence-corrected chi connectivity index (χ4v) is 3.71. The minimum atomic E-state index is -0.191. The van der Waals surface area contributed by atoms with Gasteiger partial charge in [0.05, 0.1) is 13.3 Å². The van der Waals surface area contributed by atoms with Gasteiger partial charge in [-0.05, 0) is 47.9 Å². The third kappa shape index (κ3) is 3.53. The van der Waals surface area contributed by atoms with E-state index >= 15 is 0 Å². The van der Waals surface area contributed by atoms with E-state index in [2.05, 4.69) is 15.3 Å². The number of fused-ring (bicyclic) bond motifs is 3. The van der Waals surface area contributed by atoms with Gasteiger partial charge in [0, 0.05) is 23.3 Å². The summed E-state index contributed by atoms with van der Waals surface area (Å²) in [5, 5.41) is 13.6. The summed E-state index contributed by atoms with van der Waals surface area (Å²) in [6.07, 6.45) is 4.22. The predicted molar refractivity (Wildman–Crippen MR) is 120 cm³/mol. The first-order valence-corrected chi connectivity index (χ1v) is 10.1. The molecule has 5 rings (SSSR count). The summed E-state index contributed by atoms with van der Waals surface area (Å²) in [6.45, 7) is 0.538. The average molecular weight is 432 g/mol. The maximum atomic E-state index is 13.0. The van der Waals surface area contributed by atoms with E-state index in [9.17, 15) is 4.79 Å². The van der Waals surface area contributed by atoms with Crippen LogP contribution in [0.2, 0.25) is 5.02 Å². The number of methoxy groups -OCH3 is 1. The molecular formula is C23H18ClN5O2. The largest absolute Gasteiger partial charge is 0.497 e. The van der Waals surface area contributed by atoms with E-state index in [1.807, 2.05) is 54.6 Å². The van der Waals surface area contributed by atoms with Crippen molar-refractivity contribution in [2.45, 2.75) is 13.0 Å². The smallest absolute Gasteiger partial charge is 0.280 e. The summed E-state index contributed by atoms with van der Waals surface area (Å²) in [7, 11) is 1.64. The van der Waals surface area contributed by atoms with Crippen LogP contribution in [0.25, 0.3) is 27.8 Å². The van der Waals surface area contributed by atoms with Crippen molar-refractivity contribution in [3.05, 3.63) is 87.9 Å². The SMILES string of the molecule is COc1ccc(CCn2ccc3c(nnc4c(-c5ccc(Cl)cc5)cnn43)c2=O)cc1. The summed E-state index contributed by atoms with van der Waals surface area (Å²) in [4.78, 5) is 13.0.